The molecule has 4 N–H and O–H groups in total. The molecule has 0 heterocycles. The van der Waals surface area contributed by atoms with Crippen molar-refractivity contribution in [2.24, 2.45) is 11.5 Å². The van der Waals surface area contributed by atoms with Gasteiger partial charge in [-0.25, -0.2) is 0 Å². The Kier molecular flexibility index (Phi) is 4.60. The van der Waals surface area contributed by atoms with Gasteiger partial charge in [0.1, 0.15) is 0 Å². The van der Waals surface area contributed by atoms with E-state index in [0.29, 0.717) is 16.1 Å². The van der Waals surface area contributed by atoms with E-state index in [2.05, 4.69) is 0 Å². The van der Waals surface area contributed by atoms with E-state index >= 15 is 0 Å². The maximum atomic E-state index is 11.9. The van der Waals surface area contributed by atoms with Crippen LogP contribution >= 0.6 is 11.6 Å². The monoisotopic (exact) mass is 302 g/mol. The van der Waals surface area contributed by atoms with Gasteiger partial charge in [0.25, 0.3) is 0 Å². The van der Waals surface area contributed by atoms with Gasteiger partial charge in [0.05, 0.1) is 11.8 Å². The molecule has 0 radical (unpaired) electrons. The van der Waals surface area contributed by atoms with Crippen LogP contribution in [0, 0.1) is 0 Å². The zero-order chi connectivity index (χ0) is 15.4. The second kappa shape index (κ2) is 6.41. The van der Waals surface area contributed by atoms with Gasteiger partial charge in [-0.05, 0) is 23.3 Å². The Bertz CT molecular complexity index is 641. The highest BCUT2D eigenvalue weighted by molar-refractivity contribution is 6.30. The first-order valence-electron chi connectivity index (χ1n) is 6.39. The summed E-state index contributed by atoms with van der Waals surface area (Å²) < 4.78 is 0. The van der Waals surface area contributed by atoms with Crippen molar-refractivity contribution in [2.45, 2.75) is 11.8 Å². The Labute approximate surface area is 127 Å². The fourth-order valence-corrected chi connectivity index (χ4v) is 2.50. The lowest BCUT2D eigenvalue weighted by Gasteiger charge is -2.23. The largest absolute Gasteiger partial charge is 0.369 e. The Balaban J connectivity index is 2.50. The van der Waals surface area contributed by atoms with Gasteiger partial charge in [0, 0.05) is 5.02 Å². The van der Waals surface area contributed by atoms with E-state index in [1.807, 2.05) is 6.07 Å². The van der Waals surface area contributed by atoms with Crippen molar-refractivity contribution in [1.82, 2.24) is 0 Å². The van der Waals surface area contributed by atoms with Gasteiger partial charge < -0.3 is 11.5 Å². The van der Waals surface area contributed by atoms with Gasteiger partial charge in [-0.1, -0.05) is 54.1 Å². The highest BCUT2D eigenvalue weighted by Gasteiger charge is 2.33. The van der Waals surface area contributed by atoms with Crippen LogP contribution in [0.25, 0.3) is 0 Å². The summed E-state index contributed by atoms with van der Waals surface area (Å²) in [5, 5.41) is 0.539. The van der Waals surface area contributed by atoms with Crippen LogP contribution in [0.1, 0.15) is 23.0 Å². The van der Waals surface area contributed by atoms with Crippen LogP contribution in [0.2, 0.25) is 5.02 Å². The van der Waals surface area contributed by atoms with Crippen molar-refractivity contribution in [1.29, 1.82) is 0 Å². The predicted octanol–water partition coefficient (Wildman–Crippen LogP) is 2.18. The third-order valence-corrected chi connectivity index (χ3v) is 3.59. The van der Waals surface area contributed by atoms with Crippen molar-refractivity contribution in [2.75, 3.05) is 0 Å². The zero-order valence-corrected chi connectivity index (χ0v) is 12.0. The maximum absolute atomic E-state index is 11.9. The van der Waals surface area contributed by atoms with Gasteiger partial charge in [0.15, 0.2) is 0 Å². The molecule has 0 aromatic heterocycles. The third-order valence-electron chi connectivity index (χ3n) is 3.33. The van der Waals surface area contributed by atoms with E-state index in [4.69, 9.17) is 23.1 Å². The molecule has 5 heteroatoms. The highest BCUT2D eigenvalue weighted by atomic mass is 35.5. The normalized spacial score (nSPS) is 13.4. The summed E-state index contributed by atoms with van der Waals surface area (Å²) in [5.41, 5.74) is 12.3. The molecule has 0 unspecified atom stereocenters. The highest BCUT2D eigenvalue weighted by Crippen LogP contribution is 2.33. The van der Waals surface area contributed by atoms with Crippen molar-refractivity contribution < 1.29 is 9.59 Å². The number of hydrogen-bond acceptors (Lipinski definition) is 2. The molecular formula is C16H15ClN2O2. The Morgan fingerprint density at radius 2 is 1.19 bits per heavy atom. The molecule has 0 aliphatic rings. The topological polar surface area (TPSA) is 86.2 Å². The van der Waals surface area contributed by atoms with E-state index < -0.39 is 23.7 Å². The molecule has 0 saturated carbocycles. The number of amides is 2. The van der Waals surface area contributed by atoms with Crippen LogP contribution in [0.5, 0.6) is 0 Å². The summed E-state index contributed by atoms with van der Waals surface area (Å²) >= 11 is 5.85. The van der Waals surface area contributed by atoms with Gasteiger partial charge in [-0.3, -0.25) is 9.59 Å². The maximum Gasteiger partial charge on any atom is 0.226 e. The van der Waals surface area contributed by atoms with Crippen LogP contribution in [0.3, 0.4) is 0 Å². The summed E-state index contributed by atoms with van der Waals surface area (Å²) in [6, 6.07) is 15.5. The fraction of sp³-hybridized carbons (Fsp3) is 0.125. The standard InChI is InChI=1S/C16H15ClN2O2/c17-12-8-6-11(7-9-12)14(16(19)21)13(15(18)20)10-4-2-1-3-5-10/h1-9,13-14H,(H2,18,20)(H2,19,21)/t13-,14-/m1/s1. The molecule has 0 aliphatic carbocycles. The van der Waals surface area contributed by atoms with Crippen LogP contribution in [0.15, 0.2) is 54.6 Å². The van der Waals surface area contributed by atoms with Gasteiger partial charge in [0.2, 0.25) is 11.8 Å². The Hall–Kier alpha value is -2.33. The number of nitrogens with two attached hydrogens (primary N) is 2. The Morgan fingerprint density at radius 1 is 0.762 bits per heavy atom. The minimum atomic E-state index is -0.831. The number of benzene rings is 2. The van der Waals surface area contributed by atoms with Crippen LogP contribution in [0.4, 0.5) is 0 Å². The molecule has 21 heavy (non-hydrogen) atoms. The van der Waals surface area contributed by atoms with Gasteiger partial charge >= 0.3 is 0 Å². The summed E-state index contributed by atoms with van der Waals surface area (Å²) in [4.78, 5) is 23.8. The summed E-state index contributed by atoms with van der Waals surface area (Å²) in [5.74, 6) is -2.85. The van der Waals surface area contributed by atoms with Crippen molar-refractivity contribution in [3.63, 3.8) is 0 Å². The molecule has 0 aliphatic heterocycles. The minimum Gasteiger partial charge on any atom is -0.369 e. The van der Waals surface area contributed by atoms with Gasteiger partial charge in [-0.2, -0.15) is 0 Å². The minimum absolute atomic E-state index is 0.539. The molecular weight excluding hydrogens is 288 g/mol. The molecule has 2 rings (SSSR count). The molecule has 0 spiro atoms. The average Bonchev–Trinajstić information content (AvgIpc) is 2.46. The van der Waals surface area contributed by atoms with Crippen LogP contribution < -0.4 is 11.5 Å². The molecule has 0 saturated heterocycles. The van der Waals surface area contributed by atoms with E-state index in [1.165, 1.54) is 0 Å². The smallest absolute Gasteiger partial charge is 0.226 e. The lowest BCUT2D eigenvalue weighted by atomic mass is 9.80. The second-order valence-corrected chi connectivity index (χ2v) is 5.16. The van der Waals surface area contributed by atoms with E-state index in [0.717, 1.165) is 0 Å². The van der Waals surface area contributed by atoms with Crippen molar-refractivity contribution in [3.8, 4) is 0 Å². The second-order valence-electron chi connectivity index (χ2n) is 4.72. The number of halogens is 1. The SMILES string of the molecule is NC(=O)[C@H](c1ccccc1)[C@H](C(N)=O)c1ccc(Cl)cc1. The van der Waals surface area contributed by atoms with Gasteiger partial charge in [-0.15, -0.1) is 0 Å². The Morgan fingerprint density at radius 3 is 1.62 bits per heavy atom. The molecule has 2 aromatic rings. The molecule has 2 aromatic carbocycles. The quantitative estimate of drug-likeness (QED) is 0.887. The van der Waals surface area contributed by atoms with E-state index in [9.17, 15) is 9.59 Å². The average molecular weight is 303 g/mol. The molecule has 2 amide bonds. The van der Waals surface area contributed by atoms with Crippen LogP contribution in [-0.4, -0.2) is 11.8 Å². The first-order valence-corrected chi connectivity index (χ1v) is 6.77. The summed E-state index contributed by atoms with van der Waals surface area (Å²) in [7, 11) is 0. The summed E-state index contributed by atoms with van der Waals surface area (Å²) in [6.45, 7) is 0. The molecule has 4 nitrogen and oxygen atoms in total. The molecule has 0 fully saturated rings. The van der Waals surface area contributed by atoms with Crippen molar-refractivity contribution >= 4 is 23.4 Å². The number of rotatable bonds is 5. The van der Waals surface area contributed by atoms with E-state index in [-0.39, 0.29) is 0 Å². The van der Waals surface area contributed by atoms with Crippen LogP contribution in [-0.2, 0) is 9.59 Å². The zero-order valence-electron chi connectivity index (χ0n) is 11.2. The first kappa shape index (κ1) is 15.1. The number of hydrogen-bond donors (Lipinski definition) is 2. The third kappa shape index (κ3) is 3.41. The lowest BCUT2D eigenvalue weighted by Crippen LogP contribution is -2.34. The molecule has 2 atom stereocenters. The summed E-state index contributed by atoms with van der Waals surface area (Å²) in [6.07, 6.45) is 0. The first-order chi connectivity index (χ1) is 10.0. The number of primary amides is 2. The fourth-order valence-electron chi connectivity index (χ4n) is 2.37. The number of carbonyl (C=O) groups is 2. The predicted molar refractivity (Wildman–Crippen MR) is 81.8 cm³/mol. The van der Waals surface area contributed by atoms with E-state index in [1.54, 1.807) is 48.5 Å². The lowest BCUT2D eigenvalue weighted by molar-refractivity contribution is -0.126. The van der Waals surface area contributed by atoms with Crippen molar-refractivity contribution in [3.05, 3.63) is 70.7 Å². The molecule has 0 bridgehead atoms. The number of carbonyl (C=O) groups excluding carboxylic acids is 2. The molecule has 108 valence electrons.